The number of rotatable bonds is 4. The molecule has 0 atom stereocenters. The van der Waals surface area contributed by atoms with Gasteiger partial charge in [-0.2, -0.15) is 16.9 Å². The van der Waals surface area contributed by atoms with Gasteiger partial charge >= 0.3 is 6.03 Å². The lowest BCUT2D eigenvalue weighted by Crippen LogP contribution is -2.50. The minimum atomic E-state index is -0.0977. The van der Waals surface area contributed by atoms with Gasteiger partial charge in [0.25, 0.3) is 5.56 Å². The van der Waals surface area contributed by atoms with Crippen molar-refractivity contribution in [3.8, 4) is 0 Å². The average molecular weight is 421 g/mol. The summed E-state index contributed by atoms with van der Waals surface area (Å²) in [7, 11) is 0. The first kappa shape index (κ1) is 19.4. The number of aromatic nitrogens is 3. The van der Waals surface area contributed by atoms with Gasteiger partial charge in [-0.3, -0.25) is 15.0 Å². The summed E-state index contributed by atoms with van der Waals surface area (Å²) in [5, 5.41) is 8.07. The molecule has 10 heteroatoms. The summed E-state index contributed by atoms with van der Waals surface area (Å²) in [6.45, 7) is 6.24. The van der Waals surface area contributed by atoms with E-state index in [0.29, 0.717) is 24.8 Å². The third-order valence-electron chi connectivity index (χ3n) is 5.03. The zero-order chi connectivity index (χ0) is 19.5. The Hall–Kier alpha value is -1.91. The third-order valence-corrected chi connectivity index (χ3v) is 6.86. The Kier molecular flexibility index (Phi) is 5.98. The van der Waals surface area contributed by atoms with Crippen LogP contribution in [0, 0.1) is 6.92 Å². The van der Waals surface area contributed by atoms with Crippen molar-refractivity contribution in [2.24, 2.45) is 0 Å². The van der Waals surface area contributed by atoms with Gasteiger partial charge in [-0.05, 0) is 18.2 Å². The third kappa shape index (κ3) is 4.56. The van der Waals surface area contributed by atoms with Crippen molar-refractivity contribution in [2.75, 3.05) is 43.8 Å². The van der Waals surface area contributed by atoms with Crippen LogP contribution in [0.25, 0.3) is 0 Å². The molecule has 1 N–H and O–H groups in total. The second kappa shape index (κ2) is 8.62. The van der Waals surface area contributed by atoms with E-state index in [1.165, 1.54) is 11.3 Å². The first-order valence-corrected chi connectivity index (χ1v) is 11.4. The summed E-state index contributed by atoms with van der Waals surface area (Å²) in [5.74, 6) is 1.96. The number of hydrogen-bond donors (Lipinski definition) is 1. The van der Waals surface area contributed by atoms with Gasteiger partial charge in [0, 0.05) is 62.0 Å². The molecule has 0 saturated carbocycles. The maximum absolute atomic E-state index is 12.3. The molecule has 0 radical (unpaired) electrons. The van der Waals surface area contributed by atoms with Gasteiger partial charge in [-0.25, -0.2) is 14.5 Å². The fourth-order valence-electron chi connectivity index (χ4n) is 3.41. The molecule has 150 valence electrons. The van der Waals surface area contributed by atoms with Crippen LogP contribution in [0.5, 0.6) is 0 Å². The van der Waals surface area contributed by atoms with E-state index in [2.05, 4.69) is 20.3 Å². The van der Waals surface area contributed by atoms with Crippen molar-refractivity contribution in [2.45, 2.75) is 25.6 Å². The zero-order valence-electron chi connectivity index (χ0n) is 15.9. The van der Waals surface area contributed by atoms with Crippen molar-refractivity contribution < 1.29 is 4.79 Å². The van der Waals surface area contributed by atoms with E-state index in [9.17, 15) is 9.59 Å². The molecule has 4 rings (SSSR count). The fourth-order valence-corrected chi connectivity index (χ4v) is 5.01. The van der Waals surface area contributed by atoms with Crippen LogP contribution in [0.4, 0.5) is 9.93 Å². The highest BCUT2D eigenvalue weighted by molar-refractivity contribution is 7.98. The van der Waals surface area contributed by atoms with E-state index >= 15 is 0 Å². The van der Waals surface area contributed by atoms with Gasteiger partial charge < -0.3 is 4.90 Å². The number of carbonyl (C=O) groups excluding carboxylic acids is 1. The molecule has 2 amide bonds. The number of urea groups is 1. The Labute approximate surface area is 171 Å². The number of piperazine rings is 1. The smallest absolute Gasteiger partial charge is 0.322 e. The van der Waals surface area contributed by atoms with Crippen LogP contribution in [0.1, 0.15) is 16.1 Å². The second-order valence-corrected chi connectivity index (χ2v) is 9.36. The maximum Gasteiger partial charge on any atom is 0.323 e. The number of thioether (sulfide) groups is 1. The number of aryl methyl sites for hydroxylation is 2. The van der Waals surface area contributed by atoms with Gasteiger partial charge in [0.2, 0.25) is 0 Å². The first-order chi connectivity index (χ1) is 13.6. The van der Waals surface area contributed by atoms with E-state index in [-0.39, 0.29) is 11.6 Å². The standard InChI is InChI=1S/C18H24N6O2S2/c1-13-11-19-17(28-13)20-18(26)23-6-3-22(4-7-23)5-8-24-16(25)10-14-12-27-9-2-15(14)21-24/h10-11H,2-9,12H2,1H3,(H,19,20,26). The second-order valence-electron chi connectivity index (χ2n) is 7.02. The largest absolute Gasteiger partial charge is 0.323 e. The summed E-state index contributed by atoms with van der Waals surface area (Å²) >= 11 is 3.33. The highest BCUT2D eigenvalue weighted by Crippen LogP contribution is 2.21. The van der Waals surface area contributed by atoms with Crippen LogP contribution in [-0.2, 0) is 18.7 Å². The molecule has 2 aliphatic heterocycles. The van der Waals surface area contributed by atoms with Crippen molar-refractivity contribution in [1.29, 1.82) is 0 Å². The molecule has 8 nitrogen and oxygen atoms in total. The van der Waals surface area contributed by atoms with E-state index in [1.54, 1.807) is 16.9 Å². The summed E-state index contributed by atoms with van der Waals surface area (Å²) in [6.07, 6.45) is 2.69. The number of amides is 2. The quantitative estimate of drug-likeness (QED) is 0.810. The monoisotopic (exact) mass is 420 g/mol. The molecule has 1 saturated heterocycles. The summed E-state index contributed by atoms with van der Waals surface area (Å²) in [4.78, 5) is 34.0. The molecule has 2 aromatic rings. The topological polar surface area (TPSA) is 83.4 Å². The molecule has 0 bridgehead atoms. The minimum Gasteiger partial charge on any atom is -0.322 e. The highest BCUT2D eigenvalue weighted by Gasteiger charge is 2.22. The van der Waals surface area contributed by atoms with E-state index in [4.69, 9.17) is 0 Å². The van der Waals surface area contributed by atoms with E-state index in [1.807, 2.05) is 23.6 Å². The normalized spacial score (nSPS) is 17.4. The van der Waals surface area contributed by atoms with Gasteiger partial charge in [0.15, 0.2) is 5.13 Å². The van der Waals surface area contributed by atoms with Crippen LogP contribution in [0.2, 0.25) is 0 Å². The SMILES string of the molecule is Cc1cnc(NC(=O)N2CCN(CCn3nc4c(cc3=O)CSCC4)CC2)s1. The number of carbonyl (C=O) groups is 1. The lowest BCUT2D eigenvalue weighted by molar-refractivity contribution is 0.143. The van der Waals surface area contributed by atoms with Crippen LogP contribution >= 0.6 is 23.1 Å². The number of fused-ring (bicyclic) bond motifs is 1. The molecule has 2 aromatic heterocycles. The van der Waals surface area contributed by atoms with Crippen molar-refractivity contribution in [3.05, 3.63) is 38.8 Å². The van der Waals surface area contributed by atoms with Gasteiger partial charge in [-0.1, -0.05) is 0 Å². The molecule has 0 aromatic carbocycles. The number of anilines is 1. The maximum atomic E-state index is 12.3. The van der Waals surface area contributed by atoms with E-state index < -0.39 is 0 Å². The first-order valence-electron chi connectivity index (χ1n) is 9.47. The van der Waals surface area contributed by atoms with Crippen molar-refractivity contribution in [3.63, 3.8) is 0 Å². The van der Waals surface area contributed by atoms with Crippen LogP contribution in [0.15, 0.2) is 17.1 Å². The predicted octanol–water partition coefficient (Wildman–Crippen LogP) is 1.65. The zero-order valence-corrected chi connectivity index (χ0v) is 17.5. The van der Waals surface area contributed by atoms with Gasteiger partial charge in [-0.15, -0.1) is 11.3 Å². The molecule has 0 unspecified atom stereocenters. The molecular weight excluding hydrogens is 396 g/mol. The molecule has 1 fully saturated rings. The summed E-state index contributed by atoms with van der Waals surface area (Å²) in [5.41, 5.74) is 2.14. The molecule has 2 aliphatic rings. The average Bonchev–Trinajstić information content (AvgIpc) is 3.11. The number of nitrogens with one attached hydrogen (secondary N) is 1. The molecule has 28 heavy (non-hydrogen) atoms. The lowest BCUT2D eigenvalue weighted by Gasteiger charge is -2.34. The Bertz CT molecular complexity index is 904. The number of thiazole rings is 1. The fraction of sp³-hybridized carbons (Fsp3) is 0.556. The number of hydrogen-bond acceptors (Lipinski definition) is 7. The lowest BCUT2D eigenvalue weighted by atomic mass is 10.2. The van der Waals surface area contributed by atoms with Crippen LogP contribution in [0.3, 0.4) is 0 Å². The molecular formula is C18H24N6O2S2. The Morgan fingerprint density at radius 1 is 1.25 bits per heavy atom. The highest BCUT2D eigenvalue weighted by atomic mass is 32.2. The molecule has 0 spiro atoms. The Morgan fingerprint density at radius 2 is 2.07 bits per heavy atom. The van der Waals surface area contributed by atoms with Gasteiger partial charge in [0.05, 0.1) is 12.2 Å². The summed E-state index contributed by atoms with van der Waals surface area (Å²) < 4.78 is 1.60. The van der Waals surface area contributed by atoms with Crippen molar-refractivity contribution >= 4 is 34.3 Å². The predicted molar refractivity (Wildman–Crippen MR) is 112 cm³/mol. The Morgan fingerprint density at radius 3 is 2.82 bits per heavy atom. The number of nitrogens with zero attached hydrogens (tertiary/aromatic N) is 5. The minimum absolute atomic E-state index is 0.0157. The van der Waals surface area contributed by atoms with E-state index in [0.717, 1.165) is 53.7 Å². The van der Waals surface area contributed by atoms with Crippen LogP contribution < -0.4 is 10.9 Å². The molecule has 4 heterocycles. The van der Waals surface area contributed by atoms with Crippen LogP contribution in [-0.4, -0.2) is 69.1 Å². The molecule has 0 aliphatic carbocycles. The van der Waals surface area contributed by atoms with Gasteiger partial charge in [0.1, 0.15) is 0 Å². The Balaban J connectivity index is 1.27. The summed E-state index contributed by atoms with van der Waals surface area (Å²) in [6, 6.07) is 1.65. The van der Waals surface area contributed by atoms with Crippen molar-refractivity contribution in [1.82, 2.24) is 24.6 Å².